The minimum atomic E-state index is -0.445. The lowest BCUT2D eigenvalue weighted by molar-refractivity contribution is 0.112. The Kier molecular flexibility index (Phi) is 11.8. The molecule has 0 atom stereocenters. The molecule has 7 rings (SSSR count). The molecule has 4 aromatic carbocycles. The first-order chi connectivity index (χ1) is 22.7. The van der Waals surface area contributed by atoms with Crippen LogP contribution >= 0.6 is 0 Å². The van der Waals surface area contributed by atoms with Crippen LogP contribution in [0, 0.1) is 5.82 Å². The third-order valence-corrected chi connectivity index (χ3v) is 8.53. The number of hydrazine groups is 1. The van der Waals surface area contributed by atoms with Crippen molar-refractivity contribution in [2.24, 2.45) is 11.7 Å². The fourth-order valence-electron chi connectivity index (χ4n) is 6.12. The largest absolute Gasteiger partial charge is 0.368 e. The van der Waals surface area contributed by atoms with Gasteiger partial charge in [-0.05, 0) is 35.4 Å². The predicted octanol–water partition coefficient (Wildman–Crippen LogP) is 4.66. The average molecular weight is 623 g/mol. The van der Waals surface area contributed by atoms with Crippen molar-refractivity contribution in [2.75, 3.05) is 62.2 Å². The Bertz CT molecular complexity index is 1630. The Hall–Kier alpha value is -4.61. The number of anilines is 2. The van der Waals surface area contributed by atoms with Gasteiger partial charge in [0.2, 0.25) is 0 Å². The van der Waals surface area contributed by atoms with Crippen LogP contribution in [0.4, 0.5) is 15.8 Å². The molecule has 1 aromatic heterocycles. The van der Waals surface area contributed by atoms with E-state index in [-0.39, 0.29) is 5.56 Å². The van der Waals surface area contributed by atoms with Crippen LogP contribution in [0.2, 0.25) is 0 Å². The molecule has 0 saturated carbocycles. The number of rotatable bonds is 7. The second kappa shape index (κ2) is 16.6. The summed E-state index contributed by atoms with van der Waals surface area (Å²) in [5, 5.41) is 8.44. The van der Waals surface area contributed by atoms with Crippen LogP contribution in [-0.4, -0.2) is 78.6 Å². The van der Waals surface area contributed by atoms with Gasteiger partial charge in [0, 0.05) is 76.5 Å². The lowest BCUT2D eigenvalue weighted by Gasteiger charge is -2.36. The first kappa shape index (κ1) is 32.8. The molecule has 0 radical (unpaired) electrons. The van der Waals surface area contributed by atoms with E-state index < -0.39 is 5.82 Å². The third kappa shape index (κ3) is 8.35. The van der Waals surface area contributed by atoms with Gasteiger partial charge < -0.3 is 9.80 Å². The molecule has 0 spiro atoms. The molecule has 5 N–H and O–H groups in total. The number of piperazine rings is 2. The number of H-pyrrole nitrogens is 1. The molecule has 0 bridgehead atoms. The van der Waals surface area contributed by atoms with E-state index in [2.05, 4.69) is 114 Å². The van der Waals surface area contributed by atoms with Gasteiger partial charge >= 0.3 is 0 Å². The molecule has 9 nitrogen and oxygen atoms in total. The van der Waals surface area contributed by atoms with Gasteiger partial charge in [0.25, 0.3) is 0 Å². The maximum absolute atomic E-state index is 13.7. The van der Waals surface area contributed by atoms with Gasteiger partial charge in [-0.1, -0.05) is 72.8 Å². The smallest absolute Gasteiger partial charge is 0.155 e. The Morgan fingerprint density at radius 3 is 1.70 bits per heavy atom. The lowest BCUT2D eigenvalue weighted by atomic mass is 10.1. The van der Waals surface area contributed by atoms with Crippen LogP contribution < -0.4 is 21.5 Å². The molecule has 10 heteroatoms. The molecule has 2 aliphatic heterocycles. The lowest BCUT2D eigenvalue weighted by Crippen LogP contribution is -2.46. The molecule has 46 heavy (non-hydrogen) atoms. The number of fused-ring (bicyclic) bond motifs is 1. The van der Waals surface area contributed by atoms with E-state index in [4.69, 9.17) is 0 Å². The summed E-state index contributed by atoms with van der Waals surface area (Å²) in [6.45, 7) is 9.73. The molecule has 2 aliphatic rings. The molecule has 3 heterocycles. The van der Waals surface area contributed by atoms with Crippen molar-refractivity contribution in [1.29, 1.82) is 0 Å². The summed E-state index contributed by atoms with van der Waals surface area (Å²) in [6.07, 6.45) is 2.54. The van der Waals surface area contributed by atoms with Crippen LogP contribution in [0.5, 0.6) is 0 Å². The van der Waals surface area contributed by atoms with Crippen molar-refractivity contribution in [3.63, 3.8) is 0 Å². The molecule has 0 amide bonds. The summed E-state index contributed by atoms with van der Waals surface area (Å²) in [6, 6.07) is 32.3. The minimum Gasteiger partial charge on any atom is -0.368 e. The summed E-state index contributed by atoms with van der Waals surface area (Å²) < 4.78 is 13.7. The van der Waals surface area contributed by atoms with Crippen LogP contribution in [0.15, 0.2) is 103 Å². The molecule has 2 saturated heterocycles. The highest BCUT2D eigenvalue weighted by molar-refractivity contribution is 5.91. The summed E-state index contributed by atoms with van der Waals surface area (Å²) >= 11 is 0. The van der Waals surface area contributed by atoms with Crippen molar-refractivity contribution in [1.82, 2.24) is 20.0 Å². The average Bonchev–Trinajstić information content (AvgIpc) is 3.61. The fraction of sp³-hybridized carbons (Fsp3) is 0.278. The van der Waals surface area contributed by atoms with Gasteiger partial charge in [0.15, 0.2) is 6.29 Å². The van der Waals surface area contributed by atoms with Crippen LogP contribution in [0.25, 0.3) is 10.9 Å². The number of halogens is 1. The molecular weight excluding hydrogens is 579 g/mol. The normalized spacial score (nSPS) is 15.5. The van der Waals surface area contributed by atoms with Crippen molar-refractivity contribution < 1.29 is 9.18 Å². The second-order valence-corrected chi connectivity index (χ2v) is 11.4. The number of hydrogen-bond acceptors (Lipinski definition) is 8. The maximum atomic E-state index is 13.7. The molecule has 0 unspecified atom stereocenters. The molecule has 0 aliphatic carbocycles. The number of aldehydes is 1. The second-order valence-electron chi connectivity index (χ2n) is 11.4. The zero-order valence-corrected chi connectivity index (χ0v) is 26.1. The number of nitrogens with one attached hydrogen (secondary N) is 1. The Balaban J connectivity index is 0.000000172. The highest BCUT2D eigenvalue weighted by atomic mass is 19.1. The molecule has 2 fully saturated rings. The van der Waals surface area contributed by atoms with Crippen molar-refractivity contribution in [2.45, 2.75) is 13.1 Å². The van der Waals surface area contributed by atoms with E-state index in [0.717, 1.165) is 71.0 Å². The van der Waals surface area contributed by atoms with E-state index in [9.17, 15) is 9.18 Å². The highest BCUT2D eigenvalue weighted by Gasteiger charge is 2.21. The number of nitrogens with zero attached hydrogens (tertiary/aromatic N) is 5. The van der Waals surface area contributed by atoms with Crippen LogP contribution in [0.3, 0.4) is 0 Å². The minimum absolute atomic E-state index is 0.166. The fourth-order valence-corrected chi connectivity index (χ4v) is 6.12. The van der Waals surface area contributed by atoms with E-state index >= 15 is 0 Å². The Labute approximate surface area is 270 Å². The monoisotopic (exact) mass is 622 g/mol. The van der Waals surface area contributed by atoms with Gasteiger partial charge in [0.05, 0.1) is 23.0 Å². The van der Waals surface area contributed by atoms with Crippen LogP contribution in [0.1, 0.15) is 21.5 Å². The summed E-state index contributed by atoms with van der Waals surface area (Å²) in [7, 11) is 0. The van der Waals surface area contributed by atoms with Crippen LogP contribution in [-0.2, 0) is 13.1 Å². The van der Waals surface area contributed by atoms with Gasteiger partial charge in [-0.3, -0.25) is 31.4 Å². The number of aromatic nitrogens is 2. The zero-order valence-electron chi connectivity index (χ0n) is 26.1. The van der Waals surface area contributed by atoms with Gasteiger partial charge in [-0.2, -0.15) is 5.10 Å². The van der Waals surface area contributed by atoms with Crippen molar-refractivity contribution >= 4 is 28.6 Å². The standard InChI is InChI=1S/C18H19FN2O.C18H20N4.H4N2/c19-17-7-4-8-18(16(17)14-22)21-11-9-20(10-12-21)13-15-5-2-1-3-6-15;1-2-5-15(6-3-1)14-21-9-11-22(12-10-21)18-8-4-7-17-16(18)13-19-20-17;1-2/h1-8,14H,9-13H2;1-8,13H,9-12,14H2,(H,19,20);1-2H2. The number of hydrogen-bond donors (Lipinski definition) is 3. The first-order valence-electron chi connectivity index (χ1n) is 15.7. The third-order valence-electron chi connectivity index (χ3n) is 8.53. The number of benzene rings is 4. The highest BCUT2D eigenvalue weighted by Crippen LogP contribution is 2.26. The van der Waals surface area contributed by atoms with E-state index in [1.165, 1.54) is 28.3 Å². The number of aromatic amines is 1. The molecular formula is C36H43FN8O. The van der Waals surface area contributed by atoms with Crippen molar-refractivity contribution in [3.8, 4) is 0 Å². The van der Waals surface area contributed by atoms with Gasteiger partial charge in [-0.15, -0.1) is 0 Å². The van der Waals surface area contributed by atoms with Gasteiger partial charge in [0.1, 0.15) is 5.82 Å². The number of carbonyl (C=O) groups is 1. The van der Waals surface area contributed by atoms with E-state index in [1.54, 1.807) is 6.07 Å². The SMILES string of the molecule is NN.O=Cc1c(F)cccc1N1CCN(Cc2ccccc2)CC1.c1ccc(CN2CCN(c3cccc4[nH]ncc34)CC2)cc1. The zero-order chi connectivity index (χ0) is 32.1. The summed E-state index contributed by atoms with van der Waals surface area (Å²) in [5.41, 5.74) is 5.98. The first-order valence-corrected chi connectivity index (χ1v) is 15.7. The predicted molar refractivity (Wildman–Crippen MR) is 184 cm³/mol. The summed E-state index contributed by atoms with van der Waals surface area (Å²) in [4.78, 5) is 20.6. The maximum Gasteiger partial charge on any atom is 0.155 e. The van der Waals surface area contributed by atoms with Gasteiger partial charge in [-0.25, -0.2) is 4.39 Å². The topological polar surface area (TPSA) is 111 Å². The van der Waals surface area contributed by atoms with E-state index in [0.29, 0.717) is 12.0 Å². The van der Waals surface area contributed by atoms with E-state index in [1.807, 2.05) is 18.3 Å². The summed E-state index contributed by atoms with van der Waals surface area (Å²) in [5.74, 6) is 7.55. The van der Waals surface area contributed by atoms with Crippen molar-refractivity contribution in [3.05, 3.63) is 126 Å². The molecule has 240 valence electrons. The number of nitrogens with two attached hydrogens (primary N) is 2. The Morgan fingerprint density at radius 1 is 0.652 bits per heavy atom. The quantitative estimate of drug-likeness (QED) is 0.137. The number of carbonyl (C=O) groups excluding carboxylic acids is 1. The molecule has 5 aromatic rings. The Morgan fingerprint density at radius 2 is 1.15 bits per heavy atom.